The van der Waals surface area contributed by atoms with Crippen molar-refractivity contribution in [3.63, 3.8) is 0 Å². The zero-order chi connectivity index (χ0) is 13.9. The topological polar surface area (TPSA) is 60.7 Å². The van der Waals surface area contributed by atoms with E-state index in [0.717, 1.165) is 35.8 Å². The summed E-state index contributed by atoms with van der Waals surface area (Å²) in [5.74, 6) is 1.15. The second kappa shape index (κ2) is 5.75. The van der Waals surface area contributed by atoms with Crippen LogP contribution >= 0.6 is 11.8 Å². The lowest BCUT2D eigenvalue weighted by atomic mass is 9.99. The minimum absolute atomic E-state index is 0.0388. The third-order valence-electron chi connectivity index (χ3n) is 3.52. The van der Waals surface area contributed by atoms with Gasteiger partial charge in [0.2, 0.25) is 0 Å². The van der Waals surface area contributed by atoms with Gasteiger partial charge in [-0.2, -0.15) is 0 Å². The van der Waals surface area contributed by atoms with Gasteiger partial charge in [-0.05, 0) is 25.0 Å². The standard InChI is InChI=1S/C14H16N4OS/c1-18-13(10-6-8-15-9-7-10)16-17-14(18)20-12-5-3-2-4-11(12)19/h6-9,12H,2-5H2,1H3/t12-/m1/s1. The molecule has 0 radical (unpaired) electrons. The highest BCUT2D eigenvalue weighted by atomic mass is 32.2. The SMILES string of the molecule is Cn1c(S[C@@H]2CCCCC2=O)nnc1-c1ccncc1. The van der Waals surface area contributed by atoms with E-state index in [0.29, 0.717) is 12.2 Å². The second-order valence-electron chi connectivity index (χ2n) is 4.92. The maximum absolute atomic E-state index is 11.9. The van der Waals surface area contributed by atoms with Gasteiger partial charge in [-0.3, -0.25) is 9.78 Å². The summed E-state index contributed by atoms with van der Waals surface area (Å²) >= 11 is 1.54. The molecule has 6 heteroatoms. The van der Waals surface area contributed by atoms with Crippen molar-refractivity contribution in [3.8, 4) is 11.4 Å². The molecule has 2 heterocycles. The third-order valence-corrected chi connectivity index (χ3v) is 4.87. The summed E-state index contributed by atoms with van der Waals surface area (Å²) < 4.78 is 1.95. The van der Waals surface area contributed by atoms with Crippen LogP contribution in [0.3, 0.4) is 0 Å². The van der Waals surface area contributed by atoms with Crippen LogP contribution < -0.4 is 0 Å². The van der Waals surface area contributed by atoms with Crippen LogP contribution in [0.4, 0.5) is 0 Å². The van der Waals surface area contributed by atoms with Gasteiger partial charge in [0.1, 0.15) is 5.78 Å². The predicted octanol–water partition coefficient (Wildman–Crippen LogP) is 2.48. The van der Waals surface area contributed by atoms with E-state index < -0.39 is 0 Å². The van der Waals surface area contributed by atoms with E-state index in [2.05, 4.69) is 15.2 Å². The van der Waals surface area contributed by atoms with Crippen molar-refractivity contribution in [2.45, 2.75) is 36.1 Å². The lowest BCUT2D eigenvalue weighted by Gasteiger charge is -2.19. The van der Waals surface area contributed by atoms with Gasteiger partial charge in [0.05, 0.1) is 5.25 Å². The molecule has 104 valence electrons. The number of aromatic nitrogens is 4. The fourth-order valence-corrected chi connectivity index (χ4v) is 3.49. The number of hydrogen-bond donors (Lipinski definition) is 0. The molecule has 5 nitrogen and oxygen atoms in total. The molecule has 20 heavy (non-hydrogen) atoms. The molecule has 0 spiro atoms. The molecule has 0 unspecified atom stereocenters. The Balaban J connectivity index is 1.82. The number of ketones is 1. The van der Waals surface area contributed by atoms with Crippen LogP contribution in [-0.2, 0) is 11.8 Å². The Hall–Kier alpha value is -1.69. The summed E-state index contributed by atoms with van der Waals surface area (Å²) in [5, 5.41) is 9.30. The quantitative estimate of drug-likeness (QED) is 0.868. The van der Waals surface area contributed by atoms with Gasteiger partial charge in [-0.25, -0.2) is 0 Å². The molecule has 1 saturated carbocycles. The molecular weight excluding hydrogens is 272 g/mol. The molecule has 0 aromatic carbocycles. The summed E-state index contributed by atoms with van der Waals surface area (Å²) in [6.07, 6.45) is 7.27. The fraction of sp³-hybridized carbons (Fsp3) is 0.429. The first-order valence-electron chi connectivity index (χ1n) is 6.75. The maximum atomic E-state index is 11.9. The molecule has 1 atom stereocenters. The van der Waals surface area contributed by atoms with Crippen molar-refractivity contribution < 1.29 is 4.79 Å². The third kappa shape index (κ3) is 2.60. The smallest absolute Gasteiger partial charge is 0.191 e. The first-order valence-corrected chi connectivity index (χ1v) is 7.63. The zero-order valence-corrected chi connectivity index (χ0v) is 12.1. The first kappa shape index (κ1) is 13.3. The summed E-state index contributed by atoms with van der Waals surface area (Å²) in [6.45, 7) is 0. The number of Topliss-reactive ketones (excluding diaryl/α,β-unsaturated/α-hetero) is 1. The minimum atomic E-state index is 0.0388. The number of thioether (sulfide) groups is 1. The van der Waals surface area contributed by atoms with Gasteiger partial charge < -0.3 is 4.57 Å². The maximum Gasteiger partial charge on any atom is 0.191 e. The summed E-state index contributed by atoms with van der Waals surface area (Å²) in [4.78, 5) is 15.9. The molecule has 3 rings (SSSR count). The molecule has 1 fully saturated rings. The average Bonchev–Trinajstić information content (AvgIpc) is 2.84. The van der Waals surface area contributed by atoms with E-state index >= 15 is 0 Å². The van der Waals surface area contributed by atoms with E-state index in [-0.39, 0.29) is 5.25 Å². The lowest BCUT2D eigenvalue weighted by molar-refractivity contribution is -0.119. The van der Waals surface area contributed by atoms with Crippen LogP contribution in [0.25, 0.3) is 11.4 Å². The Bertz CT molecular complexity index is 611. The lowest BCUT2D eigenvalue weighted by Crippen LogP contribution is -2.21. The van der Waals surface area contributed by atoms with Crippen molar-refractivity contribution in [1.29, 1.82) is 0 Å². The highest BCUT2D eigenvalue weighted by molar-refractivity contribution is 8.00. The van der Waals surface area contributed by atoms with Crippen LogP contribution in [0.1, 0.15) is 25.7 Å². The van der Waals surface area contributed by atoms with Gasteiger partial charge in [-0.15, -0.1) is 10.2 Å². The van der Waals surface area contributed by atoms with Crippen LogP contribution in [0.2, 0.25) is 0 Å². The Morgan fingerprint density at radius 2 is 2.05 bits per heavy atom. The van der Waals surface area contributed by atoms with Crippen molar-refractivity contribution in [2.75, 3.05) is 0 Å². The van der Waals surface area contributed by atoms with E-state index in [1.165, 1.54) is 11.8 Å². The molecule has 0 saturated heterocycles. The number of rotatable bonds is 3. The summed E-state index contributed by atoms with van der Waals surface area (Å²) in [6, 6.07) is 3.81. The van der Waals surface area contributed by atoms with Crippen molar-refractivity contribution >= 4 is 17.5 Å². The molecule has 2 aromatic rings. The molecule has 1 aliphatic rings. The summed E-state index contributed by atoms with van der Waals surface area (Å²) in [7, 11) is 1.94. The molecule has 0 N–H and O–H groups in total. The average molecular weight is 288 g/mol. The highest BCUT2D eigenvalue weighted by Crippen LogP contribution is 2.31. The van der Waals surface area contributed by atoms with Gasteiger partial charge in [0.25, 0.3) is 0 Å². The Labute approximate surface area is 121 Å². The number of pyridine rings is 1. The van der Waals surface area contributed by atoms with Crippen LogP contribution in [0.5, 0.6) is 0 Å². The Kier molecular flexibility index (Phi) is 3.82. The van der Waals surface area contributed by atoms with Crippen molar-refractivity contribution in [2.24, 2.45) is 7.05 Å². The second-order valence-corrected chi connectivity index (χ2v) is 6.09. The van der Waals surface area contributed by atoms with Gasteiger partial charge >= 0.3 is 0 Å². The van der Waals surface area contributed by atoms with Crippen LogP contribution in [0.15, 0.2) is 29.7 Å². The number of hydrogen-bond acceptors (Lipinski definition) is 5. The predicted molar refractivity (Wildman–Crippen MR) is 77.4 cm³/mol. The fourth-order valence-electron chi connectivity index (χ4n) is 2.37. The number of carbonyl (C=O) groups excluding carboxylic acids is 1. The Morgan fingerprint density at radius 3 is 2.80 bits per heavy atom. The van der Waals surface area contributed by atoms with Crippen molar-refractivity contribution in [1.82, 2.24) is 19.7 Å². The molecular formula is C14H16N4OS. The molecule has 0 amide bonds. The first-order chi connectivity index (χ1) is 9.75. The zero-order valence-electron chi connectivity index (χ0n) is 11.3. The van der Waals surface area contributed by atoms with E-state index in [1.54, 1.807) is 12.4 Å². The largest absolute Gasteiger partial charge is 0.305 e. The van der Waals surface area contributed by atoms with Crippen LogP contribution in [-0.4, -0.2) is 30.8 Å². The summed E-state index contributed by atoms with van der Waals surface area (Å²) in [5.41, 5.74) is 0.983. The number of carbonyl (C=O) groups is 1. The van der Waals surface area contributed by atoms with Gasteiger partial charge in [-0.1, -0.05) is 18.2 Å². The van der Waals surface area contributed by atoms with E-state index in [9.17, 15) is 4.79 Å². The highest BCUT2D eigenvalue weighted by Gasteiger charge is 2.25. The van der Waals surface area contributed by atoms with E-state index in [1.807, 2.05) is 23.7 Å². The Morgan fingerprint density at radius 1 is 1.25 bits per heavy atom. The van der Waals surface area contributed by atoms with Gasteiger partial charge in [0, 0.05) is 31.4 Å². The molecule has 0 bridgehead atoms. The van der Waals surface area contributed by atoms with Crippen LogP contribution in [0, 0.1) is 0 Å². The van der Waals surface area contributed by atoms with E-state index in [4.69, 9.17) is 0 Å². The minimum Gasteiger partial charge on any atom is -0.305 e. The van der Waals surface area contributed by atoms with Crippen molar-refractivity contribution in [3.05, 3.63) is 24.5 Å². The monoisotopic (exact) mass is 288 g/mol. The number of nitrogens with zero attached hydrogens (tertiary/aromatic N) is 4. The molecule has 1 aliphatic carbocycles. The van der Waals surface area contributed by atoms with Gasteiger partial charge in [0.15, 0.2) is 11.0 Å². The normalized spacial score (nSPS) is 19.2. The molecule has 0 aliphatic heterocycles. The molecule has 2 aromatic heterocycles.